The third-order valence-electron chi connectivity index (χ3n) is 2.69. The van der Waals surface area contributed by atoms with Crippen LogP contribution in [0.3, 0.4) is 0 Å². The van der Waals surface area contributed by atoms with Crippen LogP contribution in [0.25, 0.3) is 0 Å². The van der Waals surface area contributed by atoms with Crippen molar-refractivity contribution in [3.8, 4) is 0 Å². The smallest absolute Gasteiger partial charge is 0.243 e. The van der Waals surface area contributed by atoms with Crippen LogP contribution in [0.15, 0.2) is 23.1 Å². The SMILES string of the molecule is COCCN(CCN)S(=O)(=O)c1cc(F)ccc1C. The minimum Gasteiger partial charge on any atom is -0.383 e. The summed E-state index contributed by atoms with van der Waals surface area (Å²) in [5, 5.41) is 0. The number of ether oxygens (including phenoxy) is 1. The van der Waals surface area contributed by atoms with Gasteiger partial charge >= 0.3 is 0 Å². The predicted octanol–water partition coefficient (Wildman–Crippen LogP) is 0.730. The number of aryl methyl sites for hydroxylation is 1. The number of halogens is 1. The molecule has 0 saturated carbocycles. The molecular formula is C12H19FN2O3S. The molecule has 1 aromatic rings. The molecule has 0 aromatic heterocycles. The molecule has 0 radical (unpaired) electrons. The van der Waals surface area contributed by atoms with Gasteiger partial charge in [-0.3, -0.25) is 0 Å². The standard InChI is InChI=1S/C12H19FN2O3S/c1-10-3-4-11(13)9-12(10)19(16,17)15(6-5-14)7-8-18-2/h3-4,9H,5-8,14H2,1-2H3. The van der Waals surface area contributed by atoms with Crippen molar-refractivity contribution >= 4 is 10.0 Å². The lowest BCUT2D eigenvalue weighted by atomic mass is 10.2. The third-order valence-corrected chi connectivity index (χ3v) is 4.73. The maximum atomic E-state index is 13.2. The van der Waals surface area contributed by atoms with Crippen LogP contribution >= 0.6 is 0 Å². The lowest BCUT2D eigenvalue weighted by molar-refractivity contribution is 0.179. The van der Waals surface area contributed by atoms with E-state index in [2.05, 4.69) is 0 Å². The summed E-state index contributed by atoms with van der Waals surface area (Å²) in [6.45, 7) is 2.43. The third kappa shape index (κ3) is 3.97. The normalized spacial score (nSPS) is 12.1. The van der Waals surface area contributed by atoms with E-state index in [1.54, 1.807) is 6.92 Å². The molecule has 0 heterocycles. The van der Waals surface area contributed by atoms with Gasteiger partial charge in [0.25, 0.3) is 0 Å². The van der Waals surface area contributed by atoms with Gasteiger partial charge < -0.3 is 10.5 Å². The Morgan fingerprint density at radius 3 is 2.63 bits per heavy atom. The molecule has 0 aliphatic carbocycles. The maximum absolute atomic E-state index is 13.2. The van der Waals surface area contributed by atoms with Gasteiger partial charge in [-0.25, -0.2) is 12.8 Å². The van der Waals surface area contributed by atoms with Crippen LogP contribution in [0.1, 0.15) is 5.56 Å². The van der Waals surface area contributed by atoms with Crippen LogP contribution in [-0.4, -0.2) is 46.1 Å². The molecule has 0 amide bonds. The highest BCUT2D eigenvalue weighted by molar-refractivity contribution is 7.89. The Labute approximate surface area is 113 Å². The number of nitrogens with two attached hydrogens (primary N) is 1. The highest BCUT2D eigenvalue weighted by atomic mass is 32.2. The van der Waals surface area contributed by atoms with Crippen molar-refractivity contribution in [3.63, 3.8) is 0 Å². The van der Waals surface area contributed by atoms with E-state index >= 15 is 0 Å². The summed E-state index contributed by atoms with van der Waals surface area (Å²) in [5.74, 6) is -0.580. The lowest BCUT2D eigenvalue weighted by Crippen LogP contribution is -2.38. The van der Waals surface area contributed by atoms with Gasteiger partial charge in [-0.05, 0) is 24.6 Å². The van der Waals surface area contributed by atoms with E-state index in [1.807, 2.05) is 0 Å². The van der Waals surface area contributed by atoms with E-state index in [4.69, 9.17) is 10.5 Å². The molecule has 1 aromatic carbocycles. The fraction of sp³-hybridized carbons (Fsp3) is 0.500. The first-order chi connectivity index (χ1) is 8.93. The maximum Gasteiger partial charge on any atom is 0.243 e. The quantitative estimate of drug-likeness (QED) is 0.803. The number of benzene rings is 1. The molecule has 7 heteroatoms. The number of sulfonamides is 1. The van der Waals surface area contributed by atoms with Crippen LogP contribution in [0.4, 0.5) is 4.39 Å². The molecule has 108 valence electrons. The predicted molar refractivity (Wildman–Crippen MR) is 70.8 cm³/mol. The minimum absolute atomic E-state index is 0.0305. The zero-order valence-electron chi connectivity index (χ0n) is 11.1. The molecule has 0 saturated heterocycles. The summed E-state index contributed by atoms with van der Waals surface area (Å²) in [5.41, 5.74) is 5.92. The molecule has 0 unspecified atom stereocenters. The monoisotopic (exact) mass is 290 g/mol. The van der Waals surface area contributed by atoms with Crippen molar-refractivity contribution in [2.24, 2.45) is 5.73 Å². The molecule has 1 rings (SSSR count). The summed E-state index contributed by atoms with van der Waals surface area (Å²) in [6, 6.07) is 3.71. The minimum atomic E-state index is -3.76. The lowest BCUT2D eigenvalue weighted by Gasteiger charge is -2.22. The number of methoxy groups -OCH3 is 1. The summed E-state index contributed by atoms with van der Waals surface area (Å²) in [4.78, 5) is -0.0305. The van der Waals surface area contributed by atoms with Gasteiger partial charge in [0.05, 0.1) is 11.5 Å². The summed E-state index contributed by atoms with van der Waals surface area (Å²) >= 11 is 0. The first-order valence-corrected chi connectivity index (χ1v) is 7.32. The van der Waals surface area contributed by atoms with Crippen LogP contribution in [0.2, 0.25) is 0 Å². The fourth-order valence-electron chi connectivity index (χ4n) is 1.68. The molecule has 2 N–H and O–H groups in total. The van der Waals surface area contributed by atoms with Gasteiger partial charge in [0.2, 0.25) is 10.0 Å². The van der Waals surface area contributed by atoms with E-state index < -0.39 is 15.8 Å². The van der Waals surface area contributed by atoms with Crippen molar-refractivity contribution in [1.29, 1.82) is 0 Å². The highest BCUT2D eigenvalue weighted by Gasteiger charge is 2.25. The summed E-state index contributed by atoms with van der Waals surface area (Å²) in [6.07, 6.45) is 0. The van der Waals surface area contributed by atoms with Crippen LogP contribution in [0.5, 0.6) is 0 Å². The number of nitrogens with zero attached hydrogens (tertiary/aromatic N) is 1. The molecule has 5 nitrogen and oxygen atoms in total. The Morgan fingerprint density at radius 2 is 2.05 bits per heavy atom. The number of hydrogen-bond donors (Lipinski definition) is 1. The molecule has 0 fully saturated rings. The number of rotatable bonds is 7. The second-order valence-corrected chi connectivity index (χ2v) is 6.00. The first kappa shape index (κ1) is 16.0. The average molecular weight is 290 g/mol. The summed E-state index contributed by atoms with van der Waals surface area (Å²) < 4.78 is 44.2. The first-order valence-electron chi connectivity index (χ1n) is 5.88. The zero-order chi connectivity index (χ0) is 14.5. The van der Waals surface area contributed by atoms with Crippen LogP contribution in [-0.2, 0) is 14.8 Å². The Balaban J connectivity index is 3.14. The number of hydrogen-bond acceptors (Lipinski definition) is 4. The molecule has 0 aliphatic rings. The van der Waals surface area contributed by atoms with Crippen LogP contribution < -0.4 is 5.73 Å². The molecule has 0 spiro atoms. The van der Waals surface area contributed by atoms with Gasteiger partial charge in [0.15, 0.2) is 0 Å². The highest BCUT2D eigenvalue weighted by Crippen LogP contribution is 2.20. The van der Waals surface area contributed by atoms with Gasteiger partial charge in [-0.2, -0.15) is 4.31 Å². The second-order valence-electron chi connectivity index (χ2n) is 4.10. The van der Waals surface area contributed by atoms with Crippen LogP contribution in [0, 0.1) is 12.7 Å². The largest absolute Gasteiger partial charge is 0.383 e. The van der Waals surface area contributed by atoms with Gasteiger partial charge in [0, 0.05) is 26.7 Å². The Kier molecular flexibility index (Phi) is 5.86. The molecule has 0 aliphatic heterocycles. The van der Waals surface area contributed by atoms with Crippen molar-refractivity contribution in [2.45, 2.75) is 11.8 Å². The zero-order valence-corrected chi connectivity index (χ0v) is 11.9. The van der Waals surface area contributed by atoms with Crippen molar-refractivity contribution < 1.29 is 17.5 Å². The average Bonchev–Trinajstić information content (AvgIpc) is 2.37. The molecule has 19 heavy (non-hydrogen) atoms. The van der Waals surface area contributed by atoms with Crippen molar-refractivity contribution in [1.82, 2.24) is 4.31 Å². The Morgan fingerprint density at radius 1 is 1.37 bits per heavy atom. The van der Waals surface area contributed by atoms with Gasteiger partial charge in [-0.1, -0.05) is 6.07 Å². The van der Waals surface area contributed by atoms with Gasteiger partial charge in [0.1, 0.15) is 5.82 Å². The van der Waals surface area contributed by atoms with E-state index in [0.717, 1.165) is 6.07 Å². The molecular weight excluding hydrogens is 271 g/mol. The second kappa shape index (κ2) is 6.95. The van der Waals surface area contributed by atoms with E-state index in [0.29, 0.717) is 5.56 Å². The van der Waals surface area contributed by atoms with E-state index in [1.165, 1.54) is 23.5 Å². The van der Waals surface area contributed by atoms with E-state index in [-0.39, 0.29) is 31.1 Å². The van der Waals surface area contributed by atoms with Crippen molar-refractivity contribution in [3.05, 3.63) is 29.6 Å². The Bertz CT molecular complexity index is 520. The molecule has 0 atom stereocenters. The molecule has 0 bridgehead atoms. The summed E-state index contributed by atoms with van der Waals surface area (Å²) in [7, 11) is -2.27. The van der Waals surface area contributed by atoms with Gasteiger partial charge in [-0.15, -0.1) is 0 Å². The topological polar surface area (TPSA) is 72.6 Å². The van der Waals surface area contributed by atoms with E-state index in [9.17, 15) is 12.8 Å². The fourth-order valence-corrected chi connectivity index (χ4v) is 3.36. The Hall–Kier alpha value is -1.02. The van der Waals surface area contributed by atoms with Crippen molar-refractivity contribution in [2.75, 3.05) is 33.4 Å².